The molecule has 4 rings (SSSR count). The molecule has 1 atom stereocenters. The molecule has 0 saturated carbocycles. The molecule has 1 aromatic heterocycles. The molecule has 0 aliphatic carbocycles. The van der Waals surface area contributed by atoms with Crippen molar-refractivity contribution in [1.82, 2.24) is 9.97 Å². The van der Waals surface area contributed by atoms with Crippen LogP contribution in [0, 0.1) is 11.6 Å². The van der Waals surface area contributed by atoms with Gasteiger partial charge in [0.15, 0.2) is 5.82 Å². The summed E-state index contributed by atoms with van der Waals surface area (Å²) in [6.07, 6.45) is 0. The fourth-order valence-corrected chi connectivity index (χ4v) is 3.36. The van der Waals surface area contributed by atoms with Gasteiger partial charge in [0.1, 0.15) is 23.2 Å². The molecule has 1 N–H and O–H groups in total. The summed E-state index contributed by atoms with van der Waals surface area (Å²) in [5.41, 5.74) is 2.09. The van der Waals surface area contributed by atoms with Crippen LogP contribution >= 0.6 is 0 Å². The summed E-state index contributed by atoms with van der Waals surface area (Å²) in [7, 11) is 1.61. The number of hydrogen-bond donors (Lipinski definition) is 1. The number of methoxy groups -OCH3 is 1. The highest BCUT2D eigenvalue weighted by Crippen LogP contribution is 2.28. The van der Waals surface area contributed by atoms with Gasteiger partial charge in [0.25, 0.3) is 0 Å². The van der Waals surface area contributed by atoms with Crippen LogP contribution in [0.15, 0.2) is 66.7 Å². The van der Waals surface area contributed by atoms with Gasteiger partial charge >= 0.3 is 0 Å². The van der Waals surface area contributed by atoms with E-state index in [1.54, 1.807) is 7.11 Å². The molecule has 6 heteroatoms. The number of halogens is 2. The van der Waals surface area contributed by atoms with Crippen LogP contribution in [0.2, 0.25) is 0 Å². The molecule has 3 aromatic carbocycles. The third-order valence-corrected chi connectivity index (χ3v) is 5.00. The lowest BCUT2D eigenvalue weighted by molar-refractivity contribution is 0.415. The molecule has 0 aliphatic heterocycles. The third-order valence-electron chi connectivity index (χ3n) is 5.00. The first kappa shape index (κ1) is 19.8. The minimum atomic E-state index is -0.582. The fourth-order valence-electron chi connectivity index (χ4n) is 3.36. The van der Waals surface area contributed by atoms with Gasteiger partial charge in [-0.2, -0.15) is 0 Å². The largest absolute Gasteiger partial charge is 0.497 e. The standard InChI is InChI=1S/C24H21F2N3O/c1-15(19-11-10-17(25)13-21(19)26)14-27-24-20-8-3-4-9-22(20)28-23(29-24)16-6-5-7-18(12-16)30-2/h3-13,15H,14H2,1-2H3,(H,27,28,29). The van der Waals surface area contributed by atoms with Crippen LogP contribution in [-0.2, 0) is 0 Å². The number of fused-ring (bicyclic) bond motifs is 1. The summed E-state index contributed by atoms with van der Waals surface area (Å²) < 4.78 is 32.7. The van der Waals surface area contributed by atoms with Gasteiger partial charge in [0, 0.05) is 29.5 Å². The number of anilines is 1. The molecular weight excluding hydrogens is 384 g/mol. The predicted octanol–water partition coefficient (Wildman–Crippen LogP) is 5.80. The average Bonchev–Trinajstić information content (AvgIpc) is 2.77. The Hall–Kier alpha value is -3.54. The number of hydrogen-bond acceptors (Lipinski definition) is 4. The highest BCUT2D eigenvalue weighted by molar-refractivity contribution is 5.90. The Morgan fingerprint density at radius 1 is 0.967 bits per heavy atom. The van der Waals surface area contributed by atoms with Gasteiger partial charge in [-0.3, -0.25) is 0 Å². The third kappa shape index (κ3) is 4.08. The molecule has 0 amide bonds. The zero-order chi connectivity index (χ0) is 21.1. The summed E-state index contributed by atoms with van der Waals surface area (Å²) in [5, 5.41) is 4.19. The Bertz CT molecular complexity index is 1200. The van der Waals surface area contributed by atoms with E-state index >= 15 is 0 Å². The lowest BCUT2D eigenvalue weighted by Crippen LogP contribution is -2.13. The van der Waals surface area contributed by atoms with Gasteiger partial charge in [0.2, 0.25) is 0 Å². The molecular formula is C24H21F2N3O. The SMILES string of the molecule is COc1cccc(-c2nc(NCC(C)c3ccc(F)cc3F)c3ccccc3n2)c1. The molecule has 4 nitrogen and oxygen atoms in total. The Morgan fingerprint density at radius 2 is 1.80 bits per heavy atom. The zero-order valence-corrected chi connectivity index (χ0v) is 16.7. The zero-order valence-electron chi connectivity index (χ0n) is 16.7. The lowest BCUT2D eigenvalue weighted by Gasteiger charge is -2.16. The summed E-state index contributed by atoms with van der Waals surface area (Å²) in [5.74, 6) is 0.636. The van der Waals surface area contributed by atoms with Crippen molar-refractivity contribution in [2.24, 2.45) is 0 Å². The van der Waals surface area contributed by atoms with Crippen molar-refractivity contribution in [3.8, 4) is 17.1 Å². The number of aromatic nitrogens is 2. The lowest BCUT2D eigenvalue weighted by atomic mass is 10.0. The monoisotopic (exact) mass is 405 g/mol. The van der Waals surface area contributed by atoms with Crippen LogP contribution in [0.1, 0.15) is 18.4 Å². The number of benzene rings is 3. The van der Waals surface area contributed by atoms with E-state index < -0.39 is 11.6 Å². The Balaban J connectivity index is 1.67. The molecule has 0 aliphatic rings. The maximum atomic E-state index is 14.1. The molecule has 0 bridgehead atoms. The van der Waals surface area contributed by atoms with Crippen LogP contribution in [-0.4, -0.2) is 23.6 Å². The number of rotatable bonds is 6. The summed E-state index contributed by atoms with van der Waals surface area (Å²) in [6, 6.07) is 18.9. The summed E-state index contributed by atoms with van der Waals surface area (Å²) in [6.45, 7) is 2.32. The first-order chi connectivity index (χ1) is 14.5. The van der Waals surface area contributed by atoms with Crippen LogP contribution in [0.4, 0.5) is 14.6 Å². The van der Waals surface area contributed by atoms with E-state index in [-0.39, 0.29) is 5.92 Å². The molecule has 0 fully saturated rings. The van der Waals surface area contributed by atoms with Crippen molar-refractivity contribution in [2.75, 3.05) is 19.0 Å². The van der Waals surface area contributed by atoms with Gasteiger partial charge in [-0.25, -0.2) is 18.7 Å². The second-order valence-corrected chi connectivity index (χ2v) is 7.09. The fraction of sp³-hybridized carbons (Fsp3) is 0.167. The quantitative estimate of drug-likeness (QED) is 0.440. The van der Waals surface area contributed by atoms with Gasteiger partial charge in [-0.15, -0.1) is 0 Å². The predicted molar refractivity (Wildman–Crippen MR) is 115 cm³/mol. The van der Waals surface area contributed by atoms with Crippen molar-refractivity contribution in [1.29, 1.82) is 0 Å². The second kappa shape index (κ2) is 8.45. The van der Waals surface area contributed by atoms with E-state index in [1.165, 1.54) is 12.1 Å². The number of nitrogens with one attached hydrogen (secondary N) is 1. The van der Waals surface area contributed by atoms with Crippen LogP contribution in [0.5, 0.6) is 5.75 Å². The van der Waals surface area contributed by atoms with Crippen molar-refractivity contribution >= 4 is 16.7 Å². The molecule has 1 heterocycles. The Kier molecular flexibility index (Phi) is 5.57. The van der Waals surface area contributed by atoms with E-state index in [4.69, 9.17) is 9.72 Å². The minimum absolute atomic E-state index is 0.181. The van der Waals surface area contributed by atoms with Crippen molar-refractivity contribution < 1.29 is 13.5 Å². The van der Waals surface area contributed by atoms with Crippen LogP contribution in [0.3, 0.4) is 0 Å². The molecule has 0 saturated heterocycles. The normalized spacial score (nSPS) is 12.0. The molecule has 0 radical (unpaired) electrons. The van der Waals surface area contributed by atoms with Gasteiger partial charge in [-0.05, 0) is 35.9 Å². The molecule has 0 spiro atoms. The van der Waals surface area contributed by atoms with Gasteiger partial charge < -0.3 is 10.1 Å². The van der Waals surface area contributed by atoms with Crippen molar-refractivity contribution in [2.45, 2.75) is 12.8 Å². The number of ether oxygens (including phenoxy) is 1. The van der Waals surface area contributed by atoms with E-state index in [2.05, 4.69) is 10.3 Å². The van der Waals surface area contributed by atoms with Crippen LogP contribution < -0.4 is 10.1 Å². The first-order valence-electron chi connectivity index (χ1n) is 9.65. The van der Waals surface area contributed by atoms with Gasteiger partial charge in [0.05, 0.1) is 12.6 Å². The molecule has 1 unspecified atom stereocenters. The Labute approximate surface area is 173 Å². The maximum absolute atomic E-state index is 14.1. The molecule has 4 aromatic rings. The van der Waals surface area contributed by atoms with E-state index in [0.717, 1.165) is 28.3 Å². The highest BCUT2D eigenvalue weighted by atomic mass is 19.1. The van der Waals surface area contributed by atoms with Crippen LogP contribution in [0.25, 0.3) is 22.3 Å². The summed E-state index contributed by atoms with van der Waals surface area (Å²) >= 11 is 0. The van der Waals surface area contributed by atoms with E-state index in [9.17, 15) is 8.78 Å². The number of para-hydroxylation sites is 1. The summed E-state index contributed by atoms with van der Waals surface area (Å²) in [4.78, 5) is 9.40. The smallest absolute Gasteiger partial charge is 0.162 e. The molecule has 152 valence electrons. The minimum Gasteiger partial charge on any atom is -0.497 e. The second-order valence-electron chi connectivity index (χ2n) is 7.09. The number of nitrogens with zero attached hydrogens (tertiary/aromatic N) is 2. The van der Waals surface area contributed by atoms with E-state index in [1.807, 2.05) is 55.5 Å². The van der Waals surface area contributed by atoms with E-state index in [0.29, 0.717) is 23.8 Å². The first-order valence-corrected chi connectivity index (χ1v) is 9.65. The van der Waals surface area contributed by atoms with Crippen molar-refractivity contribution in [3.05, 3.63) is 83.9 Å². The highest BCUT2D eigenvalue weighted by Gasteiger charge is 2.14. The van der Waals surface area contributed by atoms with Crippen molar-refractivity contribution in [3.63, 3.8) is 0 Å². The average molecular weight is 405 g/mol. The molecule has 30 heavy (non-hydrogen) atoms. The Morgan fingerprint density at radius 3 is 2.60 bits per heavy atom. The topological polar surface area (TPSA) is 47.0 Å². The maximum Gasteiger partial charge on any atom is 0.162 e. The van der Waals surface area contributed by atoms with Gasteiger partial charge in [-0.1, -0.05) is 37.3 Å².